The van der Waals surface area contributed by atoms with Crippen molar-refractivity contribution < 1.29 is 19.1 Å². The van der Waals surface area contributed by atoms with Crippen LogP contribution in [0, 0.1) is 0 Å². The fourth-order valence-electron chi connectivity index (χ4n) is 5.10. The minimum Gasteiger partial charge on any atom is -0.492 e. The molecule has 1 aliphatic heterocycles. The SMILES string of the molecule is CC[C@@H]1NCCOc2ccccc2/C=C\CNC(=O)[C@H](Cc2ccccc2)NC(=O)C2(CCCC2)NC1=O. The summed E-state index contributed by atoms with van der Waals surface area (Å²) in [7, 11) is 0. The second-order valence-corrected chi connectivity index (χ2v) is 9.94. The lowest BCUT2D eigenvalue weighted by Gasteiger charge is -2.32. The molecule has 2 atom stereocenters. The van der Waals surface area contributed by atoms with Gasteiger partial charge in [0, 0.05) is 25.1 Å². The van der Waals surface area contributed by atoms with Crippen LogP contribution in [-0.2, 0) is 20.8 Å². The minimum atomic E-state index is -1.03. The highest BCUT2D eigenvalue weighted by atomic mass is 16.5. The zero-order chi connectivity index (χ0) is 26.8. The van der Waals surface area contributed by atoms with Gasteiger partial charge in [-0.1, -0.05) is 80.4 Å². The summed E-state index contributed by atoms with van der Waals surface area (Å²) in [4.78, 5) is 40.3. The van der Waals surface area contributed by atoms with Crippen molar-refractivity contribution in [2.24, 2.45) is 0 Å². The van der Waals surface area contributed by atoms with E-state index in [-0.39, 0.29) is 17.7 Å². The highest BCUT2D eigenvalue weighted by Crippen LogP contribution is 2.30. The molecule has 1 heterocycles. The Balaban J connectivity index is 1.60. The van der Waals surface area contributed by atoms with Gasteiger partial charge < -0.3 is 26.0 Å². The Hall–Kier alpha value is -3.65. The number of carbonyl (C=O) groups is 3. The molecular formula is C30H38N4O4. The van der Waals surface area contributed by atoms with Gasteiger partial charge >= 0.3 is 0 Å². The van der Waals surface area contributed by atoms with Crippen LogP contribution >= 0.6 is 0 Å². The zero-order valence-electron chi connectivity index (χ0n) is 22.0. The fourth-order valence-corrected chi connectivity index (χ4v) is 5.10. The van der Waals surface area contributed by atoms with Gasteiger partial charge in [0.05, 0.1) is 6.04 Å². The van der Waals surface area contributed by atoms with E-state index in [0.717, 1.165) is 29.7 Å². The van der Waals surface area contributed by atoms with E-state index in [4.69, 9.17) is 4.74 Å². The van der Waals surface area contributed by atoms with Crippen molar-refractivity contribution >= 4 is 23.8 Å². The molecule has 2 aromatic carbocycles. The number of carbonyl (C=O) groups excluding carboxylic acids is 3. The molecule has 8 nitrogen and oxygen atoms in total. The van der Waals surface area contributed by atoms with Crippen molar-refractivity contribution in [3.63, 3.8) is 0 Å². The number of amides is 3. The van der Waals surface area contributed by atoms with Crippen LogP contribution in [0.15, 0.2) is 60.7 Å². The maximum absolute atomic E-state index is 13.7. The van der Waals surface area contributed by atoms with Gasteiger partial charge in [0.2, 0.25) is 17.7 Å². The van der Waals surface area contributed by atoms with Crippen molar-refractivity contribution in [1.29, 1.82) is 0 Å². The Kier molecular flexibility index (Phi) is 9.54. The summed E-state index contributed by atoms with van der Waals surface area (Å²) in [6.45, 7) is 3.11. The van der Waals surface area contributed by atoms with E-state index in [2.05, 4.69) is 21.3 Å². The summed E-state index contributed by atoms with van der Waals surface area (Å²) in [6.07, 6.45) is 7.47. The molecule has 8 heteroatoms. The van der Waals surface area contributed by atoms with Crippen LogP contribution in [0.5, 0.6) is 5.75 Å². The van der Waals surface area contributed by atoms with Crippen molar-refractivity contribution in [1.82, 2.24) is 21.3 Å². The van der Waals surface area contributed by atoms with E-state index in [1.54, 1.807) is 0 Å². The van der Waals surface area contributed by atoms with Crippen molar-refractivity contribution in [3.05, 3.63) is 71.8 Å². The molecule has 4 N–H and O–H groups in total. The lowest BCUT2D eigenvalue weighted by Crippen LogP contribution is -2.63. The van der Waals surface area contributed by atoms with Gasteiger partial charge in [-0.2, -0.15) is 0 Å². The molecule has 38 heavy (non-hydrogen) atoms. The van der Waals surface area contributed by atoms with Gasteiger partial charge in [-0.05, 0) is 30.9 Å². The first-order chi connectivity index (χ1) is 18.5. The normalized spacial score (nSPS) is 23.7. The Bertz CT molecular complexity index is 1130. The highest BCUT2D eigenvalue weighted by Gasteiger charge is 2.44. The number of benzene rings is 2. The average Bonchev–Trinajstić information content (AvgIpc) is 3.41. The molecule has 2 aliphatic rings. The van der Waals surface area contributed by atoms with Crippen molar-refractivity contribution in [2.75, 3.05) is 19.7 Å². The smallest absolute Gasteiger partial charge is 0.246 e. The summed E-state index contributed by atoms with van der Waals surface area (Å²) >= 11 is 0. The van der Waals surface area contributed by atoms with E-state index >= 15 is 0 Å². The van der Waals surface area contributed by atoms with Crippen LogP contribution in [0.3, 0.4) is 0 Å². The number of fused-ring (bicyclic) bond motifs is 1. The second-order valence-electron chi connectivity index (χ2n) is 9.94. The molecule has 2 aromatic rings. The lowest BCUT2D eigenvalue weighted by atomic mass is 9.94. The maximum Gasteiger partial charge on any atom is 0.246 e. The predicted molar refractivity (Wildman–Crippen MR) is 147 cm³/mol. The molecule has 0 unspecified atom stereocenters. The molecule has 1 fully saturated rings. The van der Waals surface area contributed by atoms with Crippen LogP contribution in [0.1, 0.15) is 50.2 Å². The molecule has 0 bridgehead atoms. The quantitative estimate of drug-likeness (QED) is 0.500. The summed E-state index contributed by atoms with van der Waals surface area (Å²) in [5.74, 6) is -0.0547. The van der Waals surface area contributed by atoms with E-state index in [1.807, 2.05) is 73.7 Å². The molecule has 4 rings (SSSR count). The summed E-state index contributed by atoms with van der Waals surface area (Å²) in [5, 5.41) is 12.3. The summed E-state index contributed by atoms with van der Waals surface area (Å²) < 4.78 is 5.98. The minimum absolute atomic E-state index is 0.210. The van der Waals surface area contributed by atoms with Crippen LogP contribution in [-0.4, -0.2) is 55.0 Å². The van der Waals surface area contributed by atoms with Gasteiger partial charge in [-0.3, -0.25) is 14.4 Å². The number of hydrogen-bond donors (Lipinski definition) is 4. The maximum atomic E-state index is 13.7. The first kappa shape index (κ1) is 27.4. The first-order valence-electron chi connectivity index (χ1n) is 13.6. The monoisotopic (exact) mass is 518 g/mol. The summed E-state index contributed by atoms with van der Waals surface area (Å²) in [5.41, 5.74) is 0.809. The molecule has 1 saturated carbocycles. The van der Waals surface area contributed by atoms with Crippen molar-refractivity contribution in [3.8, 4) is 5.75 Å². The molecule has 0 saturated heterocycles. The molecule has 0 radical (unpaired) electrons. The second kappa shape index (κ2) is 13.2. The fraction of sp³-hybridized carbons (Fsp3) is 0.433. The third kappa shape index (κ3) is 7.01. The third-order valence-electron chi connectivity index (χ3n) is 7.24. The van der Waals surface area contributed by atoms with Crippen LogP contribution in [0.2, 0.25) is 0 Å². The number of ether oxygens (including phenoxy) is 1. The van der Waals surface area contributed by atoms with E-state index < -0.39 is 17.6 Å². The van der Waals surface area contributed by atoms with Crippen LogP contribution < -0.4 is 26.0 Å². The Morgan fingerprint density at radius 2 is 1.66 bits per heavy atom. The standard InChI is InChI=1S/C30H38N4O4/c1-2-24-28(36)34-30(16-8-9-17-30)29(37)33-25(21-22-11-4-3-5-12-22)27(35)32-18-10-14-23-13-6-7-15-26(23)38-20-19-31-24/h3-7,10-15,24-25,31H,2,8-9,16-21H2,1H3,(H,32,35)(H,33,37)(H,34,36)/b14-10-/t24-,25-/m0/s1. The van der Waals surface area contributed by atoms with E-state index in [1.165, 1.54) is 0 Å². The molecule has 1 aliphatic carbocycles. The molecule has 202 valence electrons. The highest BCUT2D eigenvalue weighted by molar-refractivity contribution is 5.96. The third-order valence-corrected chi connectivity index (χ3v) is 7.24. The molecular weight excluding hydrogens is 480 g/mol. The van der Waals surface area contributed by atoms with E-state index in [0.29, 0.717) is 45.4 Å². The largest absolute Gasteiger partial charge is 0.492 e. The Morgan fingerprint density at radius 3 is 2.42 bits per heavy atom. The Morgan fingerprint density at radius 1 is 0.921 bits per heavy atom. The molecule has 0 aromatic heterocycles. The van der Waals surface area contributed by atoms with Crippen LogP contribution in [0.4, 0.5) is 0 Å². The topological polar surface area (TPSA) is 109 Å². The van der Waals surface area contributed by atoms with Gasteiger partial charge in [0.1, 0.15) is 23.9 Å². The van der Waals surface area contributed by atoms with Crippen molar-refractivity contribution in [2.45, 2.75) is 63.1 Å². The number of para-hydroxylation sites is 1. The first-order valence-corrected chi connectivity index (χ1v) is 13.6. The lowest BCUT2D eigenvalue weighted by molar-refractivity contribution is -0.136. The van der Waals surface area contributed by atoms with Gasteiger partial charge in [-0.25, -0.2) is 0 Å². The van der Waals surface area contributed by atoms with Crippen LogP contribution in [0.25, 0.3) is 6.08 Å². The average molecular weight is 519 g/mol. The summed E-state index contributed by atoms with van der Waals surface area (Å²) in [6, 6.07) is 16.1. The van der Waals surface area contributed by atoms with E-state index in [9.17, 15) is 14.4 Å². The number of rotatable bonds is 3. The molecule has 1 spiro atoms. The number of hydrogen-bond acceptors (Lipinski definition) is 5. The predicted octanol–water partition coefficient (Wildman–Crippen LogP) is 2.73. The number of nitrogens with one attached hydrogen (secondary N) is 4. The zero-order valence-corrected chi connectivity index (χ0v) is 22.0. The van der Waals surface area contributed by atoms with Gasteiger partial charge in [0.25, 0.3) is 0 Å². The van der Waals surface area contributed by atoms with Gasteiger partial charge in [0.15, 0.2) is 0 Å². The molecule has 3 amide bonds. The van der Waals surface area contributed by atoms with Gasteiger partial charge in [-0.15, -0.1) is 0 Å². The Labute approximate surface area is 224 Å².